The van der Waals surface area contributed by atoms with Crippen molar-refractivity contribution in [3.63, 3.8) is 0 Å². The minimum Gasteiger partial charge on any atom is -0.398 e. The highest BCUT2D eigenvalue weighted by molar-refractivity contribution is 8.00. The van der Waals surface area contributed by atoms with Crippen LogP contribution in [-0.2, 0) is 4.79 Å². The van der Waals surface area contributed by atoms with E-state index in [9.17, 15) is 4.79 Å². The second-order valence-electron chi connectivity index (χ2n) is 4.12. The fourth-order valence-corrected chi connectivity index (χ4v) is 3.04. The van der Waals surface area contributed by atoms with Crippen LogP contribution in [0.1, 0.15) is 11.3 Å². The lowest BCUT2D eigenvalue weighted by Crippen LogP contribution is -2.14. The van der Waals surface area contributed by atoms with Gasteiger partial charge in [-0.05, 0) is 25.5 Å². The lowest BCUT2D eigenvalue weighted by Gasteiger charge is -2.07. The molecule has 1 aromatic heterocycles. The van der Waals surface area contributed by atoms with Crippen molar-refractivity contribution >= 4 is 39.8 Å². The van der Waals surface area contributed by atoms with Crippen molar-refractivity contribution in [2.24, 2.45) is 0 Å². The predicted molar refractivity (Wildman–Crippen MR) is 81.8 cm³/mol. The van der Waals surface area contributed by atoms with Gasteiger partial charge >= 0.3 is 0 Å². The number of thiazole rings is 1. The summed E-state index contributed by atoms with van der Waals surface area (Å²) in [6.45, 7) is 3.85. The maximum atomic E-state index is 11.8. The number of rotatable bonds is 4. The highest BCUT2D eigenvalue weighted by atomic mass is 32.2. The van der Waals surface area contributed by atoms with E-state index in [0.717, 1.165) is 21.8 Å². The molecule has 0 aliphatic carbocycles. The number of amides is 1. The molecule has 1 amide bonds. The van der Waals surface area contributed by atoms with Crippen molar-refractivity contribution in [1.82, 2.24) is 4.98 Å². The molecule has 0 unspecified atom stereocenters. The monoisotopic (exact) mass is 293 g/mol. The number of para-hydroxylation sites is 1. The third-order valence-electron chi connectivity index (χ3n) is 2.51. The van der Waals surface area contributed by atoms with Gasteiger partial charge in [0.25, 0.3) is 0 Å². The average Bonchev–Trinajstić information content (AvgIpc) is 2.76. The number of hydrogen-bond acceptors (Lipinski definition) is 5. The van der Waals surface area contributed by atoms with Gasteiger partial charge in [0.2, 0.25) is 5.91 Å². The van der Waals surface area contributed by atoms with E-state index < -0.39 is 0 Å². The summed E-state index contributed by atoms with van der Waals surface area (Å²) in [5, 5.41) is 5.32. The van der Waals surface area contributed by atoms with Gasteiger partial charge < -0.3 is 11.1 Å². The van der Waals surface area contributed by atoms with E-state index in [4.69, 9.17) is 5.73 Å². The van der Waals surface area contributed by atoms with Gasteiger partial charge in [-0.3, -0.25) is 4.79 Å². The summed E-state index contributed by atoms with van der Waals surface area (Å²) < 4.78 is 0. The van der Waals surface area contributed by atoms with Gasteiger partial charge in [-0.2, -0.15) is 0 Å². The molecule has 100 valence electrons. The second-order valence-corrected chi connectivity index (χ2v) is 5.99. The molecule has 2 rings (SSSR count). The Labute approximate surface area is 120 Å². The molecule has 0 aliphatic heterocycles. The standard InChI is InChI=1S/C13H15N3OS2/c1-8-4-3-5-10(12(8)14)18-7-11(17)16-13-15-9(2)6-19-13/h3-6H,7,14H2,1-2H3,(H,15,16,17). The van der Waals surface area contributed by atoms with Gasteiger partial charge in [0.05, 0.1) is 11.4 Å². The minimum atomic E-state index is -0.0692. The highest BCUT2D eigenvalue weighted by Gasteiger charge is 2.08. The van der Waals surface area contributed by atoms with Crippen molar-refractivity contribution in [1.29, 1.82) is 0 Å². The number of nitrogen functional groups attached to an aromatic ring is 1. The Morgan fingerprint density at radius 3 is 2.95 bits per heavy atom. The molecule has 0 fully saturated rings. The molecule has 6 heteroatoms. The van der Waals surface area contributed by atoms with Crippen molar-refractivity contribution in [3.8, 4) is 0 Å². The minimum absolute atomic E-state index is 0.0692. The first kappa shape index (κ1) is 13.9. The Hall–Kier alpha value is -1.53. The Morgan fingerprint density at radius 2 is 2.26 bits per heavy atom. The first-order valence-electron chi connectivity index (χ1n) is 5.76. The number of benzene rings is 1. The van der Waals surface area contributed by atoms with Gasteiger partial charge in [0, 0.05) is 16.0 Å². The van der Waals surface area contributed by atoms with Gasteiger partial charge in [-0.1, -0.05) is 12.1 Å². The molecular formula is C13H15N3OS2. The summed E-state index contributed by atoms with van der Waals surface area (Å²) in [7, 11) is 0. The van der Waals surface area contributed by atoms with E-state index in [1.807, 2.05) is 37.4 Å². The number of anilines is 2. The van der Waals surface area contributed by atoms with Gasteiger partial charge in [-0.15, -0.1) is 23.1 Å². The SMILES string of the molecule is Cc1csc(NC(=O)CSc2cccc(C)c2N)n1. The zero-order chi connectivity index (χ0) is 13.8. The second kappa shape index (κ2) is 6.08. The largest absolute Gasteiger partial charge is 0.398 e. The molecule has 0 radical (unpaired) electrons. The molecule has 3 N–H and O–H groups in total. The van der Waals surface area contributed by atoms with Gasteiger partial charge in [0.1, 0.15) is 0 Å². The van der Waals surface area contributed by atoms with E-state index in [1.165, 1.54) is 23.1 Å². The zero-order valence-electron chi connectivity index (χ0n) is 10.8. The van der Waals surface area contributed by atoms with Gasteiger partial charge in [-0.25, -0.2) is 4.98 Å². The molecule has 2 aromatic rings. The predicted octanol–water partition coefficient (Wildman–Crippen LogP) is 3.07. The fourth-order valence-electron chi connectivity index (χ4n) is 1.49. The van der Waals surface area contributed by atoms with Crippen LogP contribution in [0.25, 0.3) is 0 Å². The average molecular weight is 293 g/mol. The molecule has 0 aliphatic rings. The molecule has 19 heavy (non-hydrogen) atoms. The molecule has 0 saturated heterocycles. The highest BCUT2D eigenvalue weighted by Crippen LogP contribution is 2.27. The maximum Gasteiger partial charge on any atom is 0.236 e. The lowest BCUT2D eigenvalue weighted by atomic mass is 10.2. The zero-order valence-corrected chi connectivity index (χ0v) is 12.4. The van der Waals surface area contributed by atoms with Crippen LogP contribution in [0.5, 0.6) is 0 Å². The summed E-state index contributed by atoms with van der Waals surface area (Å²) >= 11 is 2.86. The van der Waals surface area contributed by atoms with E-state index in [0.29, 0.717) is 10.9 Å². The Morgan fingerprint density at radius 1 is 1.47 bits per heavy atom. The third-order valence-corrected chi connectivity index (χ3v) is 4.46. The lowest BCUT2D eigenvalue weighted by molar-refractivity contribution is -0.113. The number of aromatic nitrogens is 1. The van der Waals surface area contributed by atoms with E-state index in [-0.39, 0.29) is 5.91 Å². The van der Waals surface area contributed by atoms with E-state index in [1.54, 1.807) is 0 Å². The Bertz CT molecular complexity index is 595. The van der Waals surface area contributed by atoms with Crippen LogP contribution in [0.2, 0.25) is 0 Å². The van der Waals surface area contributed by atoms with Crippen molar-refractivity contribution in [2.75, 3.05) is 16.8 Å². The normalized spacial score (nSPS) is 10.4. The Kier molecular flexibility index (Phi) is 4.44. The fraction of sp³-hybridized carbons (Fsp3) is 0.231. The molecule has 0 bridgehead atoms. The van der Waals surface area contributed by atoms with Crippen LogP contribution in [0.15, 0.2) is 28.5 Å². The number of thioether (sulfide) groups is 1. The van der Waals surface area contributed by atoms with Crippen molar-refractivity contribution in [3.05, 3.63) is 34.8 Å². The number of nitrogens with two attached hydrogens (primary N) is 1. The van der Waals surface area contributed by atoms with E-state index >= 15 is 0 Å². The van der Waals surface area contributed by atoms with Gasteiger partial charge in [0.15, 0.2) is 5.13 Å². The van der Waals surface area contributed by atoms with Crippen molar-refractivity contribution in [2.45, 2.75) is 18.7 Å². The molecule has 4 nitrogen and oxygen atoms in total. The summed E-state index contributed by atoms with van der Waals surface area (Å²) in [5.41, 5.74) is 8.64. The van der Waals surface area contributed by atoms with Crippen LogP contribution < -0.4 is 11.1 Å². The first-order chi connectivity index (χ1) is 9.06. The number of carbonyl (C=O) groups is 1. The van der Waals surface area contributed by atoms with Crippen molar-refractivity contribution < 1.29 is 4.79 Å². The third kappa shape index (κ3) is 3.71. The summed E-state index contributed by atoms with van der Waals surface area (Å²) in [6.07, 6.45) is 0. The molecule has 1 aromatic carbocycles. The van der Waals surface area contributed by atoms with Crippen LogP contribution in [0.4, 0.5) is 10.8 Å². The van der Waals surface area contributed by atoms with Crippen LogP contribution in [0.3, 0.4) is 0 Å². The molecular weight excluding hydrogens is 278 g/mol. The van der Waals surface area contributed by atoms with Crippen LogP contribution in [0, 0.1) is 13.8 Å². The maximum absolute atomic E-state index is 11.8. The number of aryl methyl sites for hydroxylation is 2. The Balaban J connectivity index is 1.91. The summed E-state index contributed by atoms with van der Waals surface area (Å²) in [6, 6.07) is 5.82. The summed E-state index contributed by atoms with van der Waals surface area (Å²) in [5.74, 6) is 0.256. The van der Waals surface area contributed by atoms with E-state index in [2.05, 4.69) is 10.3 Å². The first-order valence-corrected chi connectivity index (χ1v) is 7.62. The molecule has 1 heterocycles. The number of carbonyl (C=O) groups excluding carboxylic acids is 1. The number of nitrogens with one attached hydrogen (secondary N) is 1. The topological polar surface area (TPSA) is 68.0 Å². The quantitative estimate of drug-likeness (QED) is 0.671. The number of hydrogen-bond donors (Lipinski definition) is 2. The van der Waals surface area contributed by atoms with Crippen LogP contribution in [-0.4, -0.2) is 16.6 Å². The smallest absolute Gasteiger partial charge is 0.236 e. The summed E-state index contributed by atoms with van der Waals surface area (Å²) in [4.78, 5) is 16.9. The molecule has 0 saturated carbocycles. The molecule has 0 atom stereocenters. The molecule has 0 spiro atoms. The number of nitrogens with zero attached hydrogens (tertiary/aromatic N) is 1. The van der Waals surface area contributed by atoms with Crippen LogP contribution >= 0.6 is 23.1 Å².